The summed E-state index contributed by atoms with van der Waals surface area (Å²) in [6.45, 7) is 1.71. The molecule has 2 fully saturated rings. The first-order valence-electron chi connectivity index (χ1n) is 8.44. The van der Waals surface area contributed by atoms with Crippen LogP contribution in [-0.2, 0) is 6.42 Å². The van der Waals surface area contributed by atoms with E-state index in [4.69, 9.17) is 9.72 Å². The van der Waals surface area contributed by atoms with Crippen LogP contribution in [0.2, 0.25) is 0 Å². The number of ether oxygens (including phenoxy) is 1. The van der Waals surface area contributed by atoms with Crippen molar-refractivity contribution < 1.29 is 4.74 Å². The Hall–Kier alpha value is -1.37. The average Bonchev–Trinajstić information content (AvgIpc) is 3.27. The molecule has 3 atom stereocenters. The van der Waals surface area contributed by atoms with Crippen LogP contribution in [0, 0.1) is 0 Å². The Balaban J connectivity index is 1.50. The summed E-state index contributed by atoms with van der Waals surface area (Å²) in [5.41, 5.74) is 2.46. The van der Waals surface area contributed by atoms with Gasteiger partial charge in [-0.25, -0.2) is 4.98 Å². The highest BCUT2D eigenvalue weighted by Crippen LogP contribution is 2.40. The summed E-state index contributed by atoms with van der Waals surface area (Å²) in [6, 6.07) is 6.05. The molecule has 3 aliphatic rings. The molecule has 1 N–H and O–H groups in total. The van der Waals surface area contributed by atoms with Crippen molar-refractivity contribution in [3.05, 3.63) is 17.7 Å². The Morgan fingerprint density at radius 1 is 1.35 bits per heavy atom. The second kappa shape index (κ2) is 5.06. The maximum atomic E-state index is 5.68. The molecule has 1 saturated carbocycles. The van der Waals surface area contributed by atoms with Crippen molar-refractivity contribution in [3.63, 3.8) is 0 Å². The first-order chi connectivity index (χ1) is 11.2. The molecule has 1 aromatic carbocycles. The van der Waals surface area contributed by atoms with E-state index in [1.165, 1.54) is 28.2 Å². The Morgan fingerprint density at radius 2 is 2.26 bits per heavy atom. The fourth-order valence-electron chi connectivity index (χ4n) is 4.47. The lowest BCUT2D eigenvalue weighted by Crippen LogP contribution is -2.44. The fourth-order valence-corrected chi connectivity index (χ4v) is 5.52. The molecule has 2 aliphatic heterocycles. The third-order valence-corrected chi connectivity index (χ3v) is 6.67. The highest BCUT2D eigenvalue weighted by Gasteiger charge is 2.45. The number of anilines is 1. The van der Waals surface area contributed by atoms with Gasteiger partial charge in [0.25, 0.3) is 0 Å². The van der Waals surface area contributed by atoms with E-state index < -0.39 is 0 Å². The second-order valence-corrected chi connectivity index (χ2v) is 8.03. The topological polar surface area (TPSA) is 40.6 Å². The number of thiazole rings is 1. The minimum Gasteiger partial charge on any atom is -0.493 e. The van der Waals surface area contributed by atoms with Crippen LogP contribution in [0.4, 0.5) is 5.13 Å². The lowest BCUT2D eigenvalue weighted by atomic mass is 10.1. The lowest BCUT2D eigenvalue weighted by molar-refractivity contribution is 0.262. The third-order valence-electron chi connectivity index (χ3n) is 5.61. The Kier molecular flexibility index (Phi) is 3.08. The van der Waals surface area contributed by atoms with Crippen molar-refractivity contribution in [1.82, 2.24) is 15.2 Å². The normalized spacial score (nSPS) is 29.3. The van der Waals surface area contributed by atoms with E-state index in [0.717, 1.165) is 31.0 Å². The molecular formula is C17H22N4OS. The van der Waals surface area contributed by atoms with Crippen molar-refractivity contribution in [2.24, 2.45) is 0 Å². The van der Waals surface area contributed by atoms with Crippen molar-refractivity contribution in [2.45, 2.75) is 37.4 Å². The van der Waals surface area contributed by atoms with Crippen LogP contribution in [0.15, 0.2) is 12.1 Å². The van der Waals surface area contributed by atoms with E-state index in [9.17, 15) is 0 Å². The fraction of sp³-hybridized carbons (Fsp3) is 0.588. The van der Waals surface area contributed by atoms with E-state index in [1.54, 1.807) is 0 Å². The molecule has 0 spiro atoms. The van der Waals surface area contributed by atoms with E-state index in [2.05, 4.69) is 41.3 Å². The minimum atomic E-state index is 0.561. The van der Waals surface area contributed by atoms with E-state index in [-0.39, 0.29) is 0 Å². The van der Waals surface area contributed by atoms with Gasteiger partial charge in [-0.15, -0.1) is 0 Å². The average molecular weight is 330 g/mol. The van der Waals surface area contributed by atoms with Gasteiger partial charge < -0.3 is 14.5 Å². The maximum absolute atomic E-state index is 5.68. The van der Waals surface area contributed by atoms with Gasteiger partial charge in [0.15, 0.2) is 5.13 Å². The van der Waals surface area contributed by atoms with E-state index in [0.29, 0.717) is 18.1 Å². The summed E-state index contributed by atoms with van der Waals surface area (Å²) in [7, 11) is 4.39. The number of benzene rings is 1. The molecular weight excluding hydrogens is 308 g/mol. The molecule has 0 bridgehead atoms. The lowest BCUT2D eigenvalue weighted by Gasteiger charge is -2.25. The number of hydrogen-bond donors (Lipinski definition) is 1. The third kappa shape index (κ3) is 2.01. The quantitative estimate of drug-likeness (QED) is 0.913. The summed E-state index contributed by atoms with van der Waals surface area (Å²) in [4.78, 5) is 9.86. The standard InChI is InChI=1S/C17H22N4OS/c1-20(2)11-3-4-12-16(11)18-9-21(12)17-19-15-10-7-8-22-13(10)5-6-14(15)23-17/h5-6,11-12,16,18H,3-4,7-9H2,1-2H3/t11-,12-,16+/m0/s1. The molecule has 1 aromatic heterocycles. The molecule has 1 aliphatic carbocycles. The van der Waals surface area contributed by atoms with Crippen LogP contribution in [0.25, 0.3) is 10.2 Å². The van der Waals surface area contributed by atoms with Crippen molar-refractivity contribution in [1.29, 1.82) is 0 Å². The van der Waals surface area contributed by atoms with Gasteiger partial charge in [0.1, 0.15) is 5.75 Å². The van der Waals surface area contributed by atoms with Crippen molar-refractivity contribution in [3.8, 4) is 5.75 Å². The van der Waals surface area contributed by atoms with Crippen LogP contribution in [0.1, 0.15) is 18.4 Å². The Labute approximate surface area is 140 Å². The molecule has 1 saturated heterocycles. The highest BCUT2D eigenvalue weighted by molar-refractivity contribution is 7.22. The predicted molar refractivity (Wildman–Crippen MR) is 93.6 cm³/mol. The summed E-state index contributed by atoms with van der Waals surface area (Å²) in [5, 5.41) is 4.89. The number of fused-ring (bicyclic) bond motifs is 4. The van der Waals surface area contributed by atoms with E-state index in [1.807, 2.05) is 11.3 Å². The summed E-state index contributed by atoms with van der Waals surface area (Å²) in [5.74, 6) is 1.03. The van der Waals surface area contributed by atoms with Gasteiger partial charge >= 0.3 is 0 Å². The molecule has 5 nitrogen and oxygen atoms in total. The van der Waals surface area contributed by atoms with Gasteiger partial charge in [-0.1, -0.05) is 11.3 Å². The van der Waals surface area contributed by atoms with Gasteiger partial charge in [0, 0.05) is 30.1 Å². The zero-order chi connectivity index (χ0) is 15.6. The molecule has 0 unspecified atom stereocenters. The van der Waals surface area contributed by atoms with Crippen molar-refractivity contribution in [2.75, 3.05) is 32.3 Å². The van der Waals surface area contributed by atoms with Crippen LogP contribution >= 0.6 is 11.3 Å². The molecule has 0 radical (unpaired) electrons. The molecule has 2 aromatic rings. The Bertz CT molecular complexity index is 758. The second-order valence-electron chi connectivity index (χ2n) is 7.02. The first-order valence-corrected chi connectivity index (χ1v) is 9.26. The SMILES string of the molecule is CN(C)[C@H]1CC[C@H]2[C@@H]1NCN2c1nc2c3c(ccc2s1)OCC3. The van der Waals surface area contributed by atoms with Crippen LogP contribution in [0.5, 0.6) is 5.75 Å². The van der Waals surface area contributed by atoms with Gasteiger partial charge in [-0.05, 0) is 39.1 Å². The molecule has 6 heteroatoms. The van der Waals surface area contributed by atoms with Crippen LogP contribution in [-0.4, -0.2) is 55.4 Å². The molecule has 0 amide bonds. The number of nitrogens with zero attached hydrogens (tertiary/aromatic N) is 3. The largest absolute Gasteiger partial charge is 0.493 e. The molecule has 122 valence electrons. The van der Waals surface area contributed by atoms with Crippen LogP contribution < -0.4 is 15.0 Å². The van der Waals surface area contributed by atoms with Gasteiger partial charge in [-0.2, -0.15) is 0 Å². The summed E-state index contributed by atoms with van der Waals surface area (Å²) >= 11 is 1.82. The predicted octanol–water partition coefficient (Wildman–Crippen LogP) is 2.06. The minimum absolute atomic E-state index is 0.561. The maximum Gasteiger partial charge on any atom is 0.187 e. The number of rotatable bonds is 2. The van der Waals surface area contributed by atoms with Crippen LogP contribution in [0.3, 0.4) is 0 Å². The molecule has 23 heavy (non-hydrogen) atoms. The number of likely N-dealkylation sites (N-methyl/N-ethyl adjacent to an activating group) is 1. The van der Waals surface area contributed by atoms with E-state index >= 15 is 0 Å². The van der Waals surface area contributed by atoms with Gasteiger partial charge in [0.05, 0.1) is 23.5 Å². The highest BCUT2D eigenvalue weighted by atomic mass is 32.1. The summed E-state index contributed by atoms with van der Waals surface area (Å²) < 4.78 is 6.97. The monoisotopic (exact) mass is 330 g/mol. The molecule has 5 rings (SSSR count). The first kappa shape index (κ1) is 14.0. The summed E-state index contributed by atoms with van der Waals surface area (Å²) in [6.07, 6.45) is 3.50. The zero-order valence-corrected chi connectivity index (χ0v) is 14.4. The smallest absolute Gasteiger partial charge is 0.187 e. The van der Waals surface area contributed by atoms with Gasteiger partial charge in [-0.3, -0.25) is 5.32 Å². The zero-order valence-electron chi connectivity index (χ0n) is 13.6. The number of aromatic nitrogens is 1. The Morgan fingerprint density at radius 3 is 3.13 bits per heavy atom. The van der Waals surface area contributed by atoms with Gasteiger partial charge in [0.2, 0.25) is 0 Å². The molecule has 3 heterocycles. The van der Waals surface area contributed by atoms with Crippen molar-refractivity contribution >= 4 is 26.7 Å². The number of nitrogens with one attached hydrogen (secondary N) is 1. The number of hydrogen-bond acceptors (Lipinski definition) is 6.